The molecular formula is C19H22N2O4S3. The van der Waals surface area contributed by atoms with E-state index in [1.165, 1.54) is 0 Å². The van der Waals surface area contributed by atoms with Crippen molar-refractivity contribution in [2.45, 2.75) is 43.4 Å². The number of benzene rings is 2. The molecule has 0 saturated carbocycles. The molecule has 0 aliphatic rings. The highest BCUT2D eigenvalue weighted by molar-refractivity contribution is 7.93. The third kappa shape index (κ3) is 4.06. The summed E-state index contributed by atoms with van der Waals surface area (Å²) >= 11 is 1.05. The van der Waals surface area contributed by atoms with Gasteiger partial charge in [0.25, 0.3) is 10.0 Å². The summed E-state index contributed by atoms with van der Waals surface area (Å²) in [6, 6.07) is 8.34. The Hall–Kier alpha value is -1.97. The lowest BCUT2D eigenvalue weighted by atomic mass is 10.1. The molecule has 9 heteroatoms. The van der Waals surface area contributed by atoms with E-state index < -0.39 is 19.9 Å². The van der Waals surface area contributed by atoms with Gasteiger partial charge in [-0.25, -0.2) is 21.8 Å². The summed E-state index contributed by atoms with van der Waals surface area (Å²) in [6.45, 7) is 7.37. The van der Waals surface area contributed by atoms with E-state index in [4.69, 9.17) is 0 Å². The first kappa shape index (κ1) is 20.8. The van der Waals surface area contributed by atoms with E-state index in [1.807, 2.05) is 19.9 Å². The van der Waals surface area contributed by atoms with E-state index in [2.05, 4.69) is 9.71 Å². The van der Waals surface area contributed by atoms with Gasteiger partial charge in [-0.1, -0.05) is 13.0 Å². The number of fused-ring (bicyclic) bond motifs is 1. The molecule has 28 heavy (non-hydrogen) atoms. The lowest BCUT2D eigenvalue weighted by Crippen LogP contribution is -2.14. The molecule has 1 heterocycles. The number of aromatic nitrogens is 1. The second kappa shape index (κ2) is 7.46. The van der Waals surface area contributed by atoms with Crippen LogP contribution in [0, 0.1) is 20.8 Å². The van der Waals surface area contributed by atoms with Crippen molar-refractivity contribution in [3.63, 3.8) is 0 Å². The van der Waals surface area contributed by atoms with Crippen LogP contribution in [0.1, 0.15) is 30.0 Å². The average molecular weight is 439 g/mol. The summed E-state index contributed by atoms with van der Waals surface area (Å²) in [4.78, 5) is 4.42. The highest BCUT2D eigenvalue weighted by atomic mass is 32.2. The summed E-state index contributed by atoms with van der Waals surface area (Å²) in [5.74, 6) is 0.0400. The number of sulfone groups is 1. The van der Waals surface area contributed by atoms with Gasteiger partial charge >= 0.3 is 0 Å². The SMILES string of the molecule is CCCS(=O)(=O)c1nc2ccc(NS(=O)(=O)c3cc(C)c(C)cc3C)cc2s1. The molecule has 6 nitrogen and oxygen atoms in total. The Morgan fingerprint density at radius 3 is 2.32 bits per heavy atom. The van der Waals surface area contributed by atoms with Gasteiger partial charge in [0.05, 0.1) is 26.6 Å². The summed E-state index contributed by atoms with van der Waals surface area (Å²) in [5, 5.41) is 0. The molecular weight excluding hydrogens is 416 g/mol. The molecule has 0 atom stereocenters. The van der Waals surface area contributed by atoms with Gasteiger partial charge in [-0.05, 0) is 68.1 Å². The van der Waals surface area contributed by atoms with Gasteiger partial charge in [0.15, 0.2) is 0 Å². The molecule has 3 rings (SSSR count). The van der Waals surface area contributed by atoms with Crippen molar-refractivity contribution in [1.82, 2.24) is 4.98 Å². The topological polar surface area (TPSA) is 93.2 Å². The summed E-state index contributed by atoms with van der Waals surface area (Å²) in [5.41, 5.74) is 3.50. The molecule has 0 saturated heterocycles. The highest BCUT2D eigenvalue weighted by Gasteiger charge is 2.21. The molecule has 0 fully saturated rings. The van der Waals surface area contributed by atoms with Crippen molar-refractivity contribution < 1.29 is 16.8 Å². The Morgan fingerprint density at radius 2 is 1.64 bits per heavy atom. The summed E-state index contributed by atoms with van der Waals surface area (Å²) in [6.07, 6.45) is 0.513. The van der Waals surface area contributed by atoms with Crippen molar-refractivity contribution in [2.24, 2.45) is 0 Å². The molecule has 1 N–H and O–H groups in total. The smallest absolute Gasteiger partial charge is 0.262 e. The fourth-order valence-electron chi connectivity index (χ4n) is 2.89. The summed E-state index contributed by atoms with van der Waals surface area (Å²) < 4.78 is 53.4. The largest absolute Gasteiger partial charge is 0.280 e. The van der Waals surface area contributed by atoms with Crippen molar-refractivity contribution in [2.75, 3.05) is 10.5 Å². The average Bonchev–Trinajstić information content (AvgIpc) is 3.02. The third-order valence-electron chi connectivity index (χ3n) is 4.44. The molecule has 0 unspecified atom stereocenters. The second-order valence-corrected chi connectivity index (χ2v) is 11.8. The number of rotatable bonds is 6. The predicted molar refractivity (Wildman–Crippen MR) is 113 cm³/mol. The van der Waals surface area contributed by atoms with Gasteiger partial charge in [-0.15, -0.1) is 11.3 Å². The maximum absolute atomic E-state index is 12.9. The van der Waals surface area contributed by atoms with Crippen LogP contribution in [0.4, 0.5) is 5.69 Å². The first-order valence-corrected chi connectivity index (χ1v) is 12.7. The van der Waals surface area contributed by atoms with Crippen LogP contribution in [-0.4, -0.2) is 27.6 Å². The summed E-state index contributed by atoms with van der Waals surface area (Å²) in [7, 11) is -7.18. The Bertz CT molecular complexity index is 1260. The first-order valence-electron chi connectivity index (χ1n) is 8.77. The van der Waals surface area contributed by atoms with Crippen LogP contribution in [0.5, 0.6) is 0 Å². The fraction of sp³-hybridized carbons (Fsp3) is 0.316. The molecule has 3 aromatic rings. The fourth-order valence-corrected chi connectivity index (χ4v) is 6.96. The van der Waals surface area contributed by atoms with E-state index in [0.29, 0.717) is 27.9 Å². The number of thiazole rings is 1. The molecule has 150 valence electrons. The van der Waals surface area contributed by atoms with Crippen LogP contribution in [-0.2, 0) is 19.9 Å². The van der Waals surface area contributed by atoms with Crippen LogP contribution in [0.2, 0.25) is 0 Å². The zero-order valence-corrected chi connectivity index (χ0v) is 18.6. The van der Waals surface area contributed by atoms with Crippen molar-refractivity contribution in [3.05, 3.63) is 47.0 Å². The maximum Gasteiger partial charge on any atom is 0.262 e. The Labute approximate surface area is 169 Å². The van der Waals surface area contributed by atoms with Gasteiger partial charge in [0.1, 0.15) is 0 Å². The highest BCUT2D eigenvalue weighted by Crippen LogP contribution is 2.30. The molecule has 0 aliphatic heterocycles. The van der Waals surface area contributed by atoms with E-state index in [9.17, 15) is 16.8 Å². The lowest BCUT2D eigenvalue weighted by Gasteiger charge is -2.12. The van der Waals surface area contributed by atoms with Gasteiger partial charge in [-0.2, -0.15) is 0 Å². The zero-order valence-electron chi connectivity index (χ0n) is 16.1. The Kier molecular flexibility index (Phi) is 5.53. The van der Waals surface area contributed by atoms with Gasteiger partial charge in [0, 0.05) is 0 Å². The number of hydrogen-bond donors (Lipinski definition) is 1. The molecule has 2 aromatic carbocycles. The number of sulfonamides is 1. The van der Waals surface area contributed by atoms with Gasteiger partial charge in [-0.3, -0.25) is 4.72 Å². The zero-order chi connectivity index (χ0) is 20.7. The predicted octanol–water partition coefficient (Wildman–Crippen LogP) is 4.21. The Balaban J connectivity index is 1.97. The number of hydrogen-bond acceptors (Lipinski definition) is 6. The second-order valence-electron chi connectivity index (χ2n) is 6.79. The van der Waals surface area contributed by atoms with Crippen LogP contribution in [0.3, 0.4) is 0 Å². The molecule has 0 aliphatic carbocycles. The van der Waals surface area contributed by atoms with Crippen molar-refractivity contribution in [1.29, 1.82) is 0 Å². The number of nitrogens with zero attached hydrogens (tertiary/aromatic N) is 1. The van der Waals surface area contributed by atoms with E-state index in [1.54, 1.807) is 38.1 Å². The van der Waals surface area contributed by atoms with Crippen LogP contribution < -0.4 is 4.72 Å². The normalized spacial score (nSPS) is 12.4. The maximum atomic E-state index is 12.9. The van der Waals surface area contributed by atoms with E-state index in [0.717, 1.165) is 22.5 Å². The molecule has 0 radical (unpaired) electrons. The van der Waals surface area contributed by atoms with Crippen LogP contribution >= 0.6 is 11.3 Å². The van der Waals surface area contributed by atoms with Crippen molar-refractivity contribution in [3.8, 4) is 0 Å². The number of nitrogens with one attached hydrogen (secondary N) is 1. The minimum atomic E-state index is -3.77. The van der Waals surface area contributed by atoms with Crippen LogP contribution in [0.25, 0.3) is 10.2 Å². The number of anilines is 1. The minimum absolute atomic E-state index is 0.0400. The van der Waals surface area contributed by atoms with Gasteiger partial charge in [0.2, 0.25) is 14.2 Å². The van der Waals surface area contributed by atoms with Gasteiger partial charge < -0.3 is 0 Å². The third-order valence-corrected chi connectivity index (χ3v) is 9.36. The number of aryl methyl sites for hydroxylation is 3. The Morgan fingerprint density at radius 1 is 0.964 bits per heavy atom. The molecule has 0 bridgehead atoms. The monoisotopic (exact) mass is 438 g/mol. The molecule has 1 aromatic heterocycles. The van der Waals surface area contributed by atoms with Crippen molar-refractivity contribution >= 4 is 47.1 Å². The van der Waals surface area contributed by atoms with E-state index in [-0.39, 0.29) is 15.0 Å². The van der Waals surface area contributed by atoms with E-state index >= 15 is 0 Å². The molecule has 0 spiro atoms. The standard InChI is InChI=1S/C19H22N2O4S3/c1-5-8-27(22,23)19-20-16-7-6-15(11-17(16)26-19)21-28(24,25)18-10-13(3)12(2)9-14(18)4/h6-7,9-11,21H,5,8H2,1-4H3. The quantitative estimate of drug-likeness (QED) is 0.622. The molecule has 0 amide bonds. The lowest BCUT2D eigenvalue weighted by molar-refractivity contribution is 0.593. The minimum Gasteiger partial charge on any atom is -0.280 e. The first-order chi connectivity index (χ1) is 13.0. The van der Waals surface area contributed by atoms with Crippen LogP contribution in [0.15, 0.2) is 39.6 Å².